The zero-order chi connectivity index (χ0) is 17.1. The summed E-state index contributed by atoms with van der Waals surface area (Å²) in [5.74, 6) is 0. The quantitative estimate of drug-likeness (QED) is 0.456. The smallest absolute Gasteiger partial charge is 0.0894 e. The molecule has 3 heterocycles. The van der Waals surface area contributed by atoms with Crippen LogP contribution < -0.4 is 0 Å². The van der Waals surface area contributed by atoms with Crippen LogP contribution in [0.4, 0.5) is 0 Å². The molecule has 0 amide bonds. The second kappa shape index (κ2) is 6.95. The highest BCUT2D eigenvalue weighted by Crippen LogP contribution is 2.26. The van der Waals surface area contributed by atoms with Gasteiger partial charge >= 0.3 is 0 Å². The molecule has 0 unspecified atom stereocenters. The lowest BCUT2D eigenvalue weighted by Gasteiger charge is -2.06. The Bertz CT molecular complexity index is 999. The zero-order valence-corrected chi connectivity index (χ0v) is 14.9. The van der Waals surface area contributed by atoms with Crippen molar-refractivity contribution in [2.24, 2.45) is 0 Å². The fraction of sp³-hybridized carbons (Fsp3) is 0. The Hall–Kier alpha value is -2.85. The van der Waals surface area contributed by atoms with Crippen LogP contribution >= 0.6 is 15.9 Å². The van der Waals surface area contributed by atoms with Gasteiger partial charge in [0.1, 0.15) is 0 Å². The fourth-order valence-electron chi connectivity index (χ4n) is 2.63. The van der Waals surface area contributed by atoms with Gasteiger partial charge in [-0.3, -0.25) is 9.97 Å². The first-order chi connectivity index (χ1) is 12.3. The van der Waals surface area contributed by atoms with Gasteiger partial charge in [0.15, 0.2) is 0 Å². The van der Waals surface area contributed by atoms with Crippen LogP contribution in [-0.4, -0.2) is 15.0 Å². The van der Waals surface area contributed by atoms with E-state index in [1.807, 2.05) is 60.8 Å². The van der Waals surface area contributed by atoms with E-state index < -0.39 is 0 Å². The van der Waals surface area contributed by atoms with Gasteiger partial charge in [-0.2, -0.15) is 0 Å². The van der Waals surface area contributed by atoms with Gasteiger partial charge in [-0.25, -0.2) is 4.98 Å². The van der Waals surface area contributed by atoms with Gasteiger partial charge in [0.2, 0.25) is 0 Å². The van der Waals surface area contributed by atoms with Crippen LogP contribution in [0.15, 0.2) is 89.7 Å². The third-order valence-corrected chi connectivity index (χ3v) is 4.41. The zero-order valence-electron chi connectivity index (χ0n) is 13.3. The van der Waals surface area contributed by atoms with Gasteiger partial charge in [0.05, 0.1) is 22.8 Å². The molecule has 0 saturated heterocycles. The fourth-order valence-corrected chi connectivity index (χ4v) is 2.89. The van der Waals surface area contributed by atoms with E-state index in [-0.39, 0.29) is 0 Å². The van der Waals surface area contributed by atoms with Crippen molar-refractivity contribution in [3.63, 3.8) is 0 Å². The summed E-state index contributed by atoms with van der Waals surface area (Å²) in [7, 11) is 0. The number of benzene rings is 1. The summed E-state index contributed by atoms with van der Waals surface area (Å²) >= 11 is 3.47. The van der Waals surface area contributed by atoms with Gasteiger partial charge in [-0.05, 0) is 59.7 Å². The number of halogens is 1. The van der Waals surface area contributed by atoms with Gasteiger partial charge in [-0.15, -0.1) is 0 Å². The molecule has 0 radical (unpaired) electrons. The minimum Gasteiger partial charge on any atom is -0.255 e. The van der Waals surface area contributed by atoms with Crippen LogP contribution in [0.3, 0.4) is 0 Å². The highest BCUT2D eigenvalue weighted by molar-refractivity contribution is 9.10. The van der Waals surface area contributed by atoms with Crippen molar-refractivity contribution in [1.29, 1.82) is 0 Å². The lowest BCUT2D eigenvalue weighted by atomic mass is 10.1. The van der Waals surface area contributed by atoms with E-state index in [0.717, 1.165) is 38.4 Å². The first-order valence-corrected chi connectivity index (χ1v) is 8.70. The van der Waals surface area contributed by atoms with Crippen molar-refractivity contribution in [3.8, 4) is 33.9 Å². The second-order valence-corrected chi connectivity index (χ2v) is 6.48. The second-order valence-electron chi connectivity index (χ2n) is 5.56. The van der Waals surface area contributed by atoms with Gasteiger partial charge in [0.25, 0.3) is 0 Å². The van der Waals surface area contributed by atoms with Crippen LogP contribution in [0.1, 0.15) is 0 Å². The molecule has 1 aromatic carbocycles. The monoisotopic (exact) mass is 387 g/mol. The number of hydrogen-bond acceptors (Lipinski definition) is 3. The Morgan fingerprint density at radius 2 is 1.28 bits per heavy atom. The first kappa shape index (κ1) is 15.7. The molecular formula is C21H14BrN3. The molecule has 3 nitrogen and oxygen atoms in total. The number of pyridine rings is 3. The van der Waals surface area contributed by atoms with Crippen LogP contribution in [-0.2, 0) is 0 Å². The Morgan fingerprint density at radius 3 is 2.04 bits per heavy atom. The van der Waals surface area contributed by atoms with Crippen molar-refractivity contribution in [1.82, 2.24) is 15.0 Å². The standard InChI is InChI=1S/C21H14BrN3/c22-17-9-7-15(8-10-17)16-11-13-24-21(14-16)20-6-3-5-19(25-20)18-4-1-2-12-23-18/h1-14H. The molecule has 120 valence electrons. The summed E-state index contributed by atoms with van der Waals surface area (Å²) in [5.41, 5.74) is 5.64. The highest BCUT2D eigenvalue weighted by Gasteiger charge is 2.07. The minimum atomic E-state index is 0.835. The SMILES string of the molecule is Brc1ccc(-c2ccnc(-c3cccc(-c4ccccn4)n3)c2)cc1. The van der Waals surface area contributed by atoms with Gasteiger partial charge in [-0.1, -0.05) is 40.2 Å². The van der Waals surface area contributed by atoms with Gasteiger partial charge in [0, 0.05) is 16.9 Å². The van der Waals surface area contributed by atoms with E-state index in [4.69, 9.17) is 4.98 Å². The first-order valence-electron chi connectivity index (χ1n) is 7.90. The molecule has 3 aromatic heterocycles. The van der Waals surface area contributed by atoms with E-state index in [1.54, 1.807) is 6.20 Å². The van der Waals surface area contributed by atoms with Crippen molar-refractivity contribution in [3.05, 3.63) is 89.7 Å². The molecule has 25 heavy (non-hydrogen) atoms. The molecule has 0 aliphatic carbocycles. The maximum atomic E-state index is 4.73. The minimum absolute atomic E-state index is 0.835. The summed E-state index contributed by atoms with van der Waals surface area (Å²) in [4.78, 5) is 13.6. The molecule has 0 N–H and O–H groups in total. The van der Waals surface area contributed by atoms with Crippen LogP contribution in [0.2, 0.25) is 0 Å². The summed E-state index contributed by atoms with van der Waals surface area (Å²) in [5, 5.41) is 0. The predicted octanol–water partition coefficient (Wildman–Crippen LogP) is 5.64. The Kier molecular flexibility index (Phi) is 4.36. The van der Waals surface area contributed by atoms with E-state index >= 15 is 0 Å². The summed E-state index contributed by atoms with van der Waals surface area (Å²) < 4.78 is 1.07. The van der Waals surface area contributed by atoms with Crippen molar-refractivity contribution in [2.75, 3.05) is 0 Å². The third kappa shape index (κ3) is 3.49. The van der Waals surface area contributed by atoms with Crippen LogP contribution in [0, 0.1) is 0 Å². The molecule has 0 bridgehead atoms. The molecule has 0 aliphatic heterocycles. The number of nitrogens with zero attached hydrogens (tertiary/aromatic N) is 3. The molecule has 0 spiro atoms. The Balaban J connectivity index is 1.73. The molecule has 4 heteroatoms. The average Bonchev–Trinajstić information content (AvgIpc) is 2.69. The summed E-state index contributed by atoms with van der Waals surface area (Å²) in [6.07, 6.45) is 3.60. The molecule has 0 saturated carbocycles. The molecule has 4 aromatic rings. The molecular weight excluding hydrogens is 374 g/mol. The van der Waals surface area contributed by atoms with Gasteiger partial charge < -0.3 is 0 Å². The highest BCUT2D eigenvalue weighted by atomic mass is 79.9. The van der Waals surface area contributed by atoms with E-state index in [2.05, 4.69) is 44.1 Å². The maximum absolute atomic E-state index is 4.73. The Morgan fingerprint density at radius 1 is 0.560 bits per heavy atom. The maximum Gasteiger partial charge on any atom is 0.0894 e. The lowest BCUT2D eigenvalue weighted by molar-refractivity contribution is 1.22. The largest absolute Gasteiger partial charge is 0.255 e. The summed E-state index contributed by atoms with van der Waals surface area (Å²) in [6.45, 7) is 0. The predicted molar refractivity (Wildman–Crippen MR) is 104 cm³/mol. The topological polar surface area (TPSA) is 38.7 Å². The van der Waals surface area contributed by atoms with Crippen molar-refractivity contribution >= 4 is 15.9 Å². The summed E-state index contributed by atoms with van der Waals surface area (Å²) in [6, 6.07) is 24.1. The Labute approximate surface area is 154 Å². The lowest BCUT2D eigenvalue weighted by Crippen LogP contribution is -1.92. The normalized spacial score (nSPS) is 10.6. The number of hydrogen-bond donors (Lipinski definition) is 0. The van der Waals surface area contributed by atoms with E-state index in [9.17, 15) is 0 Å². The number of aromatic nitrogens is 3. The van der Waals surface area contributed by atoms with Crippen molar-refractivity contribution < 1.29 is 0 Å². The van der Waals surface area contributed by atoms with E-state index in [1.165, 1.54) is 0 Å². The molecule has 0 aliphatic rings. The third-order valence-electron chi connectivity index (χ3n) is 3.88. The van der Waals surface area contributed by atoms with Crippen LogP contribution in [0.5, 0.6) is 0 Å². The van der Waals surface area contributed by atoms with E-state index in [0.29, 0.717) is 0 Å². The molecule has 0 atom stereocenters. The van der Waals surface area contributed by atoms with Crippen LogP contribution in [0.25, 0.3) is 33.9 Å². The average molecular weight is 388 g/mol. The molecule has 4 rings (SSSR count). The van der Waals surface area contributed by atoms with Crippen molar-refractivity contribution in [2.45, 2.75) is 0 Å². The number of rotatable bonds is 3. The molecule has 0 fully saturated rings.